The van der Waals surface area contributed by atoms with Gasteiger partial charge in [-0.2, -0.15) is 0 Å². The Morgan fingerprint density at radius 3 is 2.27 bits per heavy atom. The van der Waals surface area contributed by atoms with Crippen LogP contribution < -0.4 is 10.1 Å². The largest absolute Gasteiger partial charge is 0.496 e. The van der Waals surface area contributed by atoms with E-state index in [1.54, 1.807) is 33.1 Å². The van der Waals surface area contributed by atoms with Gasteiger partial charge in [0.25, 0.3) is 0 Å². The summed E-state index contributed by atoms with van der Waals surface area (Å²) in [5.74, 6) is 0.147. The van der Waals surface area contributed by atoms with Crippen LogP contribution in [0.4, 0.5) is 5.69 Å². The molecule has 1 N–H and O–H groups in total. The Bertz CT molecular complexity index is 681. The second kappa shape index (κ2) is 8.11. The fourth-order valence-corrected chi connectivity index (χ4v) is 2.99. The lowest BCUT2D eigenvalue weighted by molar-refractivity contribution is -0.130. The summed E-state index contributed by atoms with van der Waals surface area (Å²) in [7, 11) is -0.362. The average molecular weight is 400 g/mol. The second-order valence-electron chi connectivity index (χ2n) is 8.49. The van der Waals surface area contributed by atoms with E-state index < -0.39 is 19.6 Å². The first kappa shape index (κ1) is 22.7. The monoisotopic (exact) mass is 399 g/mol. The molecule has 26 heavy (non-hydrogen) atoms. The number of rotatable bonds is 7. The first-order valence-electron chi connectivity index (χ1n) is 8.53. The smallest absolute Gasteiger partial charge is 0.237 e. The molecule has 0 bridgehead atoms. The SMILES string of the molecule is COc1cc(NC(=O)C(C)(C)C=O)c(Cl)cc1CO[Si](C)(C)C(C)(C)C. The van der Waals surface area contributed by atoms with Crippen LogP contribution in [-0.4, -0.2) is 27.6 Å². The number of methoxy groups -OCH3 is 1. The van der Waals surface area contributed by atoms with Gasteiger partial charge in [0, 0.05) is 11.6 Å². The first-order valence-corrected chi connectivity index (χ1v) is 11.8. The van der Waals surface area contributed by atoms with Gasteiger partial charge in [-0.1, -0.05) is 32.4 Å². The van der Waals surface area contributed by atoms with Gasteiger partial charge in [-0.25, -0.2) is 0 Å². The summed E-state index contributed by atoms with van der Waals surface area (Å²) in [5.41, 5.74) is 0.0789. The Balaban J connectivity index is 3.07. The number of hydrogen-bond acceptors (Lipinski definition) is 4. The molecule has 0 fully saturated rings. The summed E-state index contributed by atoms with van der Waals surface area (Å²) in [6, 6.07) is 3.39. The maximum atomic E-state index is 12.2. The van der Waals surface area contributed by atoms with Crippen LogP contribution in [0.5, 0.6) is 5.75 Å². The Labute approximate surface area is 162 Å². The molecular formula is C19H30ClNO4Si. The Kier molecular flexibility index (Phi) is 7.07. The third-order valence-electron chi connectivity index (χ3n) is 4.89. The van der Waals surface area contributed by atoms with Gasteiger partial charge >= 0.3 is 0 Å². The van der Waals surface area contributed by atoms with Gasteiger partial charge in [-0.3, -0.25) is 4.79 Å². The van der Waals surface area contributed by atoms with Crippen molar-refractivity contribution in [2.24, 2.45) is 5.41 Å². The zero-order chi connectivity index (χ0) is 20.3. The lowest BCUT2D eigenvalue weighted by Crippen LogP contribution is -2.40. The summed E-state index contributed by atoms with van der Waals surface area (Å²) >= 11 is 6.33. The van der Waals surface area contributed by atoms with E-state index in [2.05, 4.69) is 39.2 Å². The Morgan fingerprint density at radius 2 is 1.81 bits per heavy atom. The molecule has 1 aromatic rings. The van der Waals surface area contributed by atoms with Gasteiger partial charge in [0.2, 0.25) is 5.91 Å². The minimum Gasteiger partial charge on any atom is -0.496 e. The molecule has 1 amide bonds. The maximum Gasteiger partial charge on any atom is 0.237 e. The normalized spacial score (nSPS) is 12.7. The number of amides is 1. The van der Waals surface area contributed by atoms with E-state index in [-0.39, 0.29) is 5.04 Å². The zero-order valence-electron chi connectivity index (χ0n) is 17.0. The number of nitrogens with one attached hydrogen (secondary N) is 1. The van der Waals surface area contributed by atoms with E-state index in [0.29, 0.717) is 29.4 Å². The molecule has 0 aliphatic carbocycles. The van der Waals surface area contributed by atoms with Crippen LogP contribution in [0.3, 0.4) is 0 Å². The minimum absolute atomic E-state index is 0.0956. The van der Waals surface area contributed by atoms with E-state index in [9.17, 15) is 9.59 Å². The van der Waals surface area contributed by atoms with Gasteiger partial charge in [0.1, 0.15) is 12.0 Å². The standard InChI is InChI=1S/C19H30ClNO4Si/c1-18(2,3)26(7,8)25-11-13-9-14(20)15(10-16(13)24-6)21-17(23)19(4,5)12-22/h9-10,12H,11H2,1-8H3,(H,21,23). The van der Waals surface area contributed by atoms with Gasteiger partial charge in [-0.15, -0.1) is 0 Å². The first-order chi connectivity index (χ1) is 11.7. The highest BCUT2D eigenvalue weighted by Gasteiger charge is 2.37. The van der Waals surface area contributed by atoms with Gasteiger partial charge < -0.3 is 19.3 Å². The predicted molar refractivity (Wildman–Crippen MR) is 108 cm³/mol. The van der Waals surface area contributed by atoms with Crippen LogP contribution in [0.15, 0.2) is 12.1 Å². The molecule has 1 aromatic carbocycles. The molecule has 0 atom stereocenters. The number of anilines is 1. The summed E-state index contributed by atoms with van der Waals surface area (Å²) in [5, 5.41) is 3.15. The predicted octanol–water partition coefficient (Wildman–Crippen LogP) is 5.03. The highest BCUT2D eigenvalue weighted by Crippen LogP contribution is 2.38. The number of carbonyl (C=O) groups excluding carboxylic acids is 2. The molecule has 0 saturated carbocycles. The van der Waals surface area contributed by atoms with Gasteiger partial charge in [0.15, 0.2) is 8.32 Å². The number of aldehydes is 1. The highest BCUT2D eigenvalue weighted by molar-refractivity contribution is 6.74. The molecule has 0 aliphatic rings. The summed E-state index contributed by atoms with van der Waals surface area (Å²) < 4.78 is 11.7. The molecule has 0 aromatic heterocycles. The molecule has 0 saturated heterocycles. The van der Waals surface area contributed by atoms with E-state index in [1.807, 2.05) is 0 Å². The molecule has 0 radical (unpaired) electrons. The van der Waals surface area contributed by atoms with Crippen LogP contribution in [0.1, 0.15) is 40.2 Å². The lowest BCUT2D eigenvalue weighted by Gasteiger charge is -2.36. The van der Waals surface area contributed by atoms with Crippen LogP contribution in [-0.2, 0) is 20.6 Å². The molecular weight excluding hydrogens is 370 g/mol. The van der Waals surface area contributed by atoms with Crippen molar-refractivity contribution < 1.29 is 18.8 Å². The number of benzene rings is 1. The second-order valence-corrected chi connectivity index (χ2v) is 13.7. The van der Waals surface area contributed by atoms with E-state index in [4.69, 9.17) is 20.8 Å². The maximum absolute atomic E-state index is 12.2. The zero-order valence-corrected chi connectivity index (χ0v) is 18.7. The van der Waals surface area contributed by atoms with Crippen molar-refractivity contribution in [1.82, 2.24) is 0 Å². The molecule has 0 unspecified atom stereocenters. The fraction of sp³-hybridized carbons (Fsp3) is 0.579. The van der Waals surface area contributed by atoms with E-state index in [0.717, 1.165) is 5.56 Å². The topological polar surface area (TPSA) is 64.6 Å². The van der Waals surface area contributed by atoms with Crippen molar-refractivity contribution in [3.8, 4) is 5.75 Å². The summed E-state index contributed by atoms with van der Waals surface area (Å²) in [6.07, 6.45) is 0.606. The van der Waals surface area contributed by atoms with E-state index >= 15 is 0 Å². The number of hydrogen-bond donors (Lipinski definition) is 1. The molecule has 146 valence electrons. The average Bonchev–Trinajstić information content (AvgIpc) is 2.53. The quantitative estimate of drug-likeness (QED) is 0.396. The van der Waals surface area contributed by atoms with Crippen LogP contribution in [0.25, 0.3) is 0 Å². The lowest BCUT2D eigenvalue weighted by atomic mass is 9.94. The van der Waals surface area contributed by atoms with Crippen molar-refractivity contribution in [1.29, 1.82) is 0 Å². The molecule has 0 spiro atoms. The van der Waals surface area contributed by atoms with E-state index in [1.165, 1.54) is 0 Å². The number of carbonyl (C=O) groups is 2. The molecule has 0 heterocycles. The van der Waals surface area contributed by atoms with Crippen molar-refractivity contribution in [2.45, 2.75) is 59.4 Å². The molecule has 0 aliphatic heterocycles. The van der Waals surface area contributed by atoms with Crippen LogP contribution in [0, 0.1) is 5.41 Å². The number of halogens is 1. The minimum atomic E-state index is -1.92. The summed E-state index contributed by atoms with van der Waals surface area (Å²) in [4.78, 5) is 23.3. The van der Waals surface area contributed by atoms with Crippen molar-refractivity contribution >= 4 is 37.8 Å². The van der Waals surface area contributed by atoms with Gasteiger partial charge in [0.05, 0.1) is 29.8 Å². The fourth-order valence-electron chi connectivity index (χ4n) is 1.80. The summed E-state index contributed by atoms with van der Waals surface area (Å²) in [6.45, 7) is 14.4. The third kappa shape index (κ3) is 5.31. The van der Waals surface area contributed by atoms with Crippen LogP contribution >= 0.6 is 11.6 Å². The highest BCUT2D eigenvalue weighted by atomic mass is 35.5. The third-order valence-corrected chi connectivity index (χ3v) is 9.68. The van der Waals surface area contributed by atoms with Crippen molar-refractivity contribution in [2.75, 3.05) is 12.4 Å². The molecule has 5 nitrogen and oxygen atoms in total. The van der Waals surface area contributed by atoms with Crippen molar-refractivity contribution in [3.63, 3.8) is 0 Å². The number of ether oxygens (including phenoxy) is 1. The van der Waals surface area contributed by atoms with Crippen molar-refractivity contribution in [3.05, 3.63) is 22.7 Å². The van der Waals surface area contributed by atoms with Crippen LogP contribution in [0.2, 0.25) is 23.2 Å². The Hall–Kier alpha value is -1.37. The van der Waals surface area contributed by atoms with Gasteiger partial charge in [-0.05, 0) is 38.0 Å². The molecule has 1 rings (SSSR count). The molecule has 7 heteroatoms. The Morgan fingerprint density at radius 1 is 1.23 bits per heavy atom.